The predicted octanol–water partition coefficient (Wildman–Crippen LogP) is 4.21. The first kappa shape index (κ1) is 19.1. The third-order valence-corrected chi connectivity index (χ3v) is 4.32. The number of carbonyl (C=O) groups excluding carboxylic acids is 2. The summed E-state index contributed by atoms with van der Waals surface area (Å²) in [5.41, 5.74) is 3.82. The number of amides is 2. The SMILES string of the molecule is COc1ccc(NC(=O)c2ccnc(C(=O)Nc3c(C)cccc3C)c2)cc1. The molecule has 0 bridgehead atoms. The van der Waals surface area contributed by atoms with Gasteiger partial charge in [-0.2, -0.15) is 0 Å². The van der Waals surface area contributed by atoms with Crippen molar-refractivity contribution in [3.8, 4) is 5.75 Å². The molecular weight excluding hydrogens is 354 g/mol. The molecule has 0 radical (unpaired) electrons. The lowest BCUT2D eigenvalue weighted by Crippen LogP contribution is -2.17. The van der Waals surface area contributed by atoms with Crippen LogP contribution in [0.15, 0.2) is 60.8 Å². The smallest absolute Gasteiger partial charge is 0.274 e. The van der Waals surface area contributed by atoms with Crippen LogP contribution in [0.5, 0.6) is 5.75 Å². The van der Waals surface area contributed by atoms with E-state index in [0.29, 0.717) is 17.0 Å². The van der Waals surface area contributed by atoms with Gasteiger partial charge in [-0.05, 0) is 61.4 Å². The molecule has 2 amide bonds. The molecule has 3 aromatic rings. The number of carbonyl (C=O) groups is 2. The number of ether oxygens (including phenoxy) is 1. The number of hydrogen-bond acceptors (Lipinski definition) is 4. The van der Waals surface area contributed by atoms with Gasteiger partial charge in [0.2, 0.25) is 0 Å². The standard InChI is InChI=1S/C22H21N3O3/c1-14-5-4-6-15(2)20(14)25-22(27)19-13-16(11-12-23-19)21(26)24-17-7-9-18(28-3)10-8-17/h4-13H,1-3H3,(H,24,26)(H,25,27). The number of aryl methyl sites for hydroxylation is 2. The van der Waals surface area contributed by atoms with Gasteiger partial charge in [-0.25, -0.2) is 0 Å². The highest BCUT2D eigenvalue weighted by atomic mass is 16.5. The number of anilines is 2. The van der Waals surface area contributed by atoms with E-state index in [2.05, 4.69) is 15.6 Å². The van der Waals surface area contributed by atoms with Gasteiger partial charge in [-0.1, -0.05) is 18.2 Å². The summed E-state index contributed by atoms with van der Waals surface area (Å²) in [6, 6.07) is 15.8. The minimum Gasteiger partial charge on any atom is -0.497 e. The highest BCUT2D eigenvalue weighted by Gasteiger charge is 2.14. The molecule has 1 aromatic heterocycles. The Morgan fingerprint density at radius 1 is 0.893 bits per heavy atom. The molecule has 0 atom stereocenters. The molecule has 142 valence electrons. The van der Waals surface area contributed by atoms with Crippen LogP contribution in [0, 0.1) is 13.8 Å². The molecule has 6 heteroatoms. The topological polar surface area (TPSA) is 80.3 Å². The quantitative estimate of drug-likeness (QED) is 0.700. The number of hydrogen-bond donors (Lipinski definition) is 2. The molecule has 0 fully saturated rings. The Balaban J connectivity index is 1.75. The summed E-state index contributed by atoms with van der Waals surface area (Å²) in [7, 11) is 1.58. The van der Waals surface area contributed by atoms with E-state index in [-0.39, 0.29) is 17.5 Å². The molecule has 0 spiro atoms. The second kappa shape index (κ2) is 8.35. The number of pyridine rings is 1. The summed E-state index contributed by atoms with van der Waals surface area (Å²) in [6.45, 7) is 3.85. The van der Waals surface area contributed by atoms with Crippen molar-refractivity contribution in [3.05, 3.63) is 83.2 Å². The van der Waals surface area contributed by atoms with Crippen molar-refractivity contribution >= 4 is 23.2 Å². The van der Waals surface area contributed by atoms with Crippen molar-refractivity contribution in [1.29, 1.82) is 0 Å². The van der Waals surface area contributed by atoms with E-state index in [4.69, 9.17) is 4.74 Å². The third-order valence-electron chi connectivity index (χ3n) is 4.32. The van der Waals surface area contributed by atoms with E-state index in [9.17, 15) is 9.59 Å². The minimum atomic E-state index is -0.364. The second-order valence-corrected chi connectivity index (χ2v) is 6.33. The summed E-state index contributed by atoms with van der Waals surface area (Å²) in [5.74, 6) is 0.0116. The fourth-order valence-corrected chi connectivity index (χ4v) is 2.76. The van der Waals surface area contributed by atoms with E-state index in [1.807, 2.05) is 32.0 Å². The Hall–Kier alpha value is -3.67. The molecule has 0 aliphatic carbocycles. The van der Waals surface area contributed by atoms with Crippen LogP contribution < -0.4 is 15.4 Å². The lowest BCUT2D eigenvalue weighted by Gasteiger charge is -2.11. The molecule has 28 heavy (non-hydrogen) atoms. The van der Waals surface area contributed by atoms with Crippen molar-refractivity contribution in [2.45, 2.75) is 13.8 Å². The lowest BCUT2D eigenvalue weighted by atomic mass is 10.1. The zero-order chi connectivity index (χ0) is 20.1. The van der Waals surface area contributed by atoms with Gasteiger partial charge < -0.3 is 15.4 Å². The summed E-state index contributed by atoms with van der Waals surface area (Å²) >= 11 is 0. The van der Waals surface area contributed by atoms with Gasteiger partial charge in [-0.15, -0.1) is 0 Å². The van der Waals surface area contributed by atoms with Crippen LogP contribution in [0.4, 0.5) is 11.4 Å². The normalized spacial score (nSPS) is 10.2. The first-order valence-electron chi connectivity index (χ1n) is 8.77. The van der Waals surface area contributed by atoms with Crippen LogP contribution >= 0.6 is 0 Å². The predicted molar refractivity (Wildman–Crippen MR) is 109 cm³/mol. The number of benzene rings is 2. The Labute approximate surface area is 163 Å². The number of aromatic nitrogens is 1. The van der Waals surface area contributed by atoms with Gasteiger partial charge in [0.15, 0.2) is 0 Å². The van der Waals surface area contributed by atoms with Crippen molar-refractivity contribution in [3.63, 3.8) is 0 Å². The lowest BCUT2D eigenvalue weighted by molar-refractivity contribution is 0.102. The Kier molecular flexibility index (Phi) is 5.69. The maximum absolute atomic E-state index is 12.6. The van der Waals surface area contributed by atoms with Crippen molar-refractivity contribution in [2.75, 3.05) is 17.7 Å². The molecule has 1 heterocycles. The van der Waals surface area contributed by atoms with Crippen molar-refractivity contribution in [2.24, 2.45) is 0 Å². The van der Waals surface area contributed by atoms with E-state index < -0.39 is 0 Å². The molecule has 6 nitrogen and oxygen atoms in total. The number of nitrogens with one attached hydrogen (secondary N) is 2. The Morgan fingerprint density at radius 3 is 2.21 bits per heavy atom. The maximum atomic E-state index is 12.6. The highest BCUT2D eigenvalue weighted by Crippen LogP contribution is 2.20. The van der Waals surface area contributed by atoms with E-state index >= 15 is 0 Å². The molecular formula is C22H21N3O3. The molecule has 0 saturated carbocycles. The van der Waals surface area contributed by atoms with Crippen LogP contribution in [0.3, 0.4) is 0 Å². The highest BCUT2D eigenvalue weighted by molar-refractivity contribution is 6.08. The van der Waals surface area contributed by atoms with Gasteiger partial charge >= 0.3 is 0 Å². The number of para-hydroxylation sites is 1. The monoisotopic (exact) mass is 375 g/mol. The molecule has 0 aliphatic rings. The zero-order valence-corrected chi connectivity index (χ0v) is 15.9. The van der Waals surface area contributed by atoms with Gasteiger partial charge in [-0.3, -0.25) is 14.6 Å². The van der Waals surface area contributed by atoms with Gasteiger partial charge in [0.1, 0.15) is 11.4 Å². The zero-order valence-electron chi connectivity index (χ0n) is 15.9. The van der Waals surface area contributed by atoms with Crippen LogP contribution in [-0.2, 0) is 0 Å². The van der Waals surface area contributed by atoms with Crippen LogP contribution in [0.2, 0.25) is 0 Å². The first-order chi connectivity index (χ1) is 13.5. The summed E-state index contributed by atoms with van der Waals surface area (Å²) in [4.78, 5) is 29.2. The molecule has 2 N–H and O–H groups in total. The van der Waals surface area contributed by atoms with Gasteiger partial charge in [0, 0.05) is 23.1 Å². The fourth-order valence-electron chi connectivity index (χ4n) is 2.76. The second-order valence-electron chi connectivity index (χ2n) is 6.33. The molecule has 0 aliphatic heterocycles. The molecule has 0 saturated heterocycles. The Bertz CT molecular complexity index is 994. The average molecular weight is 375 g/mol. The van der Waals surface area contributed by atoms with Crippen molar-refractivity contribution < 1.29 is 14.3 Å². The van der Waals surface area contributed by atoms with Gasteiger partial charge in [0.05, 0.1) is 7.11 Å². The maximum Gasteiger partial charge on any atom is 0.274 e. The number of nitrogens with zero attached hydrogens (tertiary/aromatic N) is 1. The van der Waals surface area contributed by atoms with Crippen LogP contribution in [-0.4, -0.2) is 23.9 Å². The first-order valence-corrected chi connectivity index (χ1v) is 8.77. The largest absolute Gasteiger partial charge is 0.497 e. The van der Waals surface area contributed by atoms with Crippen LogP contribution in [0.1, 0.15) is 32.0 Å². The number of rotatable bonds is 5. The fraction of sp³-hybridized carbons (Fsp3) is 0.136. The molecule has 0 unspecified atom stereocenters. The third kappa shape index (κ3) is 4.35. The summed E-state index contributed by atoms with van der Waals surface area (Å²) in [6.07, 6.45) is 1.45. The summed E-state index contributed by atoms with van der Waals surface area (Å²) in [5, 5.41) is 5.67. The molecule has 3 rings (SSSR count). The Morgan fingerprint density at radius 2 is 1.57 bits per heavy atom. The summed E-state index contributed by atoms with van der Waals surface area (Å²) < 4.78 is 5.10. The van der Waals surface area contributed by atoms with E-state index in [1.165, 1.54) is 12.3 Å². The van der Waals surface area contributed by atoms with Crippen molar-refractivity contribution in [1.82, 2.24) is 4.98 Å². The van der Waals surface area contributed by atoms with E-state index in [1.54, 1.807) is 37.4 Å². The minimum absolute atomic E-state index is 0.171. The number of methoxy groups -OCH3 is 1. The van der Waals surface area contributed by atoms with Gasteiger partial charge in [0.25, 0.3) is 11.8 Å². The van der Waals surface area contributed by atoms with Crippen LogP contribution in [0.25, 0.3) is 0 Å². The van der Waals surface area contributed by atoms with E-state index in [0.717, 1.165) is 16.8 Å². The molecule has 2 aromatic carbocycles. The average Bonchev–Trinajstić information content (AvgIpc) is 2.71.